The molecule has 0 amide bonds. The summed E-state index contributed by atoms with van der Waals surface area (Å²) in [6.45, 7) is 5.43. The average Bonchev–Trinajstić information content (AvgIpc) is 2.60. The van der Waals surface area contributed by atoms with E-state index >= 15 is 0 Å². The van der Waals surface area contributed by atoms with Crippen LogP contribution >= 0.6 is 0 Å². The van der Waals surface area contributed by atoms with Crippen molar-refractivity contribution < 1.29 is 14.3 Å². The van der Waals surface area contributed by atoms with Crippen LogP contribution in [-0.2, 0) is 4.74 Å². The Labute approximate surface area is 140 Å². The van der Waals surface area contributed by atoms with E-state index in [4.69, 9.17) is 9.47 Å². The van der Waals surface area contributed by atoms with E-state index < -0.39 is 0 Å². The molecule has 126 valence electrons. The molecule has 0 saturated carbocycles. The highest BCUT2D eigenvalue weighted by Crippen LogP contribution is 2.29. The number of carbonyl (C=O) groups is 1. The Morgan fingerprint density at radius 2 is 1.92 bits per heavy atom. The van der Waals surface area contributed by atoms with Crippen molar-refractivity contribution >= 4 is 12.1 Å². The SMILES string of the molecule is COc1nccnc1-c1cnc(N2C[C@@H](C)O[C@@H](C)C2)c(C=O)c1. The minimum atomic E-state index is 0.0924. The van der Waals surface area contributed by atoms with E-state index in [1.54, 1.807) is 24.7 Å². The number of aldehydes is 1. The highest BCUT2D eigenvalue weighted by Gasteiger charge is 2.25. The number of nitrogens with zero attached hydrogens (tertiary/aromatic N) is 4. The summed E-state index contributed by atoms with van der Waals surface area (Å²) in [7, 11) is 1.53. The second-order valence-corrected chi connectivity index (χ2v) is 5.83. The van der Waals surface area contributed by atoms with Crippen molar-refractivity contribution in [1.29, 1.82) is 0 Å². The lowest BCUT2D eigenvalue weighted by molar-refractivity contribution is -0.00549. The summed E-state index contributed by atoms with van der Waals surface area (Å²) < 4.78 is 11.0. The van der Waals surface area contributed by atoms with Crippen LogP contribution in [0.4, 0.5) is 5.82 Å². The number of rotatable bonds is 4. The number of hydrogen-bond donors (Lipinski definition) is 0. The number of aromatic nitrogens is 3. The van der Waals surface area contributed by atoms with Crippen LogP contribution in [-0.4, -0.2) is 53.6 Å². The van der Waals surface area contributed by atoms with Crippen LogP contribution in [0.2, 0.25) is 0 Å². The summed E-state index contributed by atoms with van der Waals surface area (Å²) in [4.78, 5) is 26.6. The average molecular weight is 328 g/mol. The highest BCUT2D eigenvalue weighted by molar-refractivity contribution is 5.85. The zero-order valence-electron chi connectivity index (χ0n) is 14.0. The quantitative estimate of drug-likeness (QED) is 0.794. The number of pyridine rings is 1. The van der Waals surface area contributed by atoms with Crippen molar-refractivity contribution in [3.63, 3.8) is 0 Å². The Morgan fingerprint density at radius 3 is 2.58 bits per heavy atom. The molecule has 1 fully saturated rings. The molecule has 2 atom stereocenters. The molecule has 0 aromatic carbocycles. The molecule has 1 aliphatic heterocycles. The van der Waals surface area contributed by atoms with E-state index in [0.29, 0.717) is 41.6 Å². The summed E-state index contributed by atoms with van der Waals surface area (Å²) in [6.07, 6.45) is 5.84. The standard InChI is InChI=1S/C17H20N4O3/c1-11-8-21(9-12(2)24-11)16-14(10-22)6-13(7-20-16)15-17(23-3)19-5-4-18-15/h4-7,10-12H,8-9H2,1-3H3/t11-,12+. The molecule has 2 aromatic heterocycles. The largest absolute Gasteiger partial charge is 0.479 e. The molecule has 0 unspecified atom stereocenters. The molecule has 7 heteroatoms. The number of methoxy groups -OCH3 is 1. The van der Waals surface area contributed by atoms with Gasteiger partial charge in [-0.05, 0) is 19.9 Å². The first-order chi connectivity index (χ1) is 11.6. The number of anilines is 1. The van der Waals surface area contributed by atoms with Crippen molar-refractivity contribution in [1.82, 2.24) is 15.0 Å². The maximum absolute atomic E-state index is 11.6. The molecule has 0 N–H and O–H groups in total. The molecular weight excluding hydrogens is 308 g/mol. The monoisotopic (exact) mass is 328 g/mol. The van der Waals surface area contributed by atoms with Crippen LogP contribution in [0.1, 0.15) is 24.2 Å². The fraction of sp³-hybridized carbons (Fsp3) is 0.412. The zero-order chi connectivity index (χ0) is 17.1. The predicted octanol–water partition coefficient (Wildman–Crippen LogP) is 1.97. The van der Waals surface area contributed by atoms with E-state index in [1.807, 2.05) is 13.8 Å². The van der Waals surface area contributed by atoms with Gasteiger partial charge in [0, 0.05) is 37.2 Å². The van der Waals surface area contributed by atoms with Crippen molar-refractivity contribution in [2.24, 2.45) is 0 Å². The topological polar surface area (TPSA) is 77.4 Å². The molecule has 1 aliphatic rings. The fourth-order valence-electron chi connectivity index (χ4n) is 2.98. The Morgan fingerprint density at radius 1 is 1.21 bits per heavy atom. The van der Waals surface area contributed by atoms with Crippen LogP contribution in [0.15, 0.2) is 24.7 Å². The van der Waals surface area contributed by atoms with Gasteiger partial charge in [-0.3, -0.25) is 4.79 Å². The van der Waals surface area contributed by atoms with E-state index in [9.17, 15) is 4.79 Å². The van der Waals surface area contributed by atoms with Crippen LogP contribution in [0, 0.1) is 0 Å². The summed E-state index contributed by atoms with van der Waals surface area (Å²) in [5.41, 5.74) is 1.77. The van der Waals surface area contributed by atoms with Gasteiger partial charge in [0.2, 0.25) is 5.88 Å². The normalized spacial score (nSPS) is 20.7. The van der Waals surface area contributed by atoms with Gasteiger partial charge in [0.25, 0.3) is 0 Å². The van der Waals surface area contributed by atoms with Crippen LogP contribution in [0.25, 0.3) is 11.3 Å². The van der Waals surface area contributed by atoms with Gasteiger partial charge < -0.3 is 14.4 Å². The van der Waals surface area contributed by atoms with E-state index in [0.717, 1.165) is 6.29 Å². The number of hydrogen-bond acceptors (Lipinski definition) is 7. The first kappa shape index (κ1) is 16.3. The third kappa shape index (κ3) is 3.21. The summed E-state index contributed by atoms with van der Waals surface area (Å²) in [6, 6.07) is 1.77. The smallest absolute Gasteiger partial charge is 0.240 e. The Kier molecular flexibility index (Phi) is 4.71. The van der Waals surface area contributed by atoms with Gasteiger partial charge >= 0.3 is 0 Å². The highest BCUT2D eigenvalue weighted by atomic mass is 16.5. The van der Waals surface area contributed by atoms with E-state index in [-0.39, 0.29) is 12.2 Å². The number of carbonyl (C=O) groups excluding carboxylic acids is 1. The predicted molar refractivity (Wildman–Crippen MR) is 89.4 cm³/mol. The van der Waals surface area contributed by atoms with E-state index in [1.165, 1.54) is 7.11 Å². The Balaban J connectivity index is 1.98. The maximum atomic E-state index is 11.6. The molecule has 1 saturated heterocycles. The molecule has 0 aliphatic carbocycles. The van der Waals surface area contributed by atoms with Crippen LogP contribution in [0.5, 0.6) is 5.88 Å². The molecule has 0 spiro atoms. The second-order valence-electron chi connectivity index (χ2n) is 5.83. The third-order valence-electron chi connectivity index (χ3n) is 3.87. The molecule has 24 heavy (non-hydrogen) atoms. The third-order valence-corrected chi connectivity index (χ3v) is 3.87. The van der Waals surface area contributed by atoms with Gasteiger partial charge in [-0.1, -0.05) is 0 Å². The van der Waals surface area contributed by atoms with Gasteiger partial charge in [-0.25, -0.2) is 15.0 Å². The summed E-state index contributed by atoms with van der Waals surface area (Å²) in [5.74, 6) is 1.07. The van der Waals surface area contributed by atoms with E-state index in [2.05, 4.69) is 19.9 Å². The minimum Gasteiger partial charge on any atom is -0.479 e. The number of ether oxygens (including phenoxy) is 2. The van der Waals surface area contributed by atoms with Gasteiger partial charge in [0.1, 0.15) is 11.5 Å². The lowest BCUT2D eigenvalue weighted by Crippen LogP contribution is -2.46. The summed E-state index contributed by atoms with van der Waals surface area (Å²) >= 11 is 0. The number of morpholine rings is 1. The Hall–Kier alpha value is -2.54. The Bertz CT molecular complexity index is 728. The summed E-state index contributed by atoms with van der Waals surface area (Å²) in [5, 5.41) is 0. The molecule has 7 nitrogen and oxygen atoms in total. The van der Waals surface area contributed by atoms with Crippen molar-refractivity contribution in [2.45, 2.75) is 26.1 Å². The lowest BCUT2D eigenvalue weighted by atomic mass is 10.1. The first-order valence-corrected chi connectivity index (χ1v) is 7.83. The molecule has 3 rings (SSSR count). The van der Waals surface area contributed by atoms with Crippen LogP contribution in [0.3, 0.4) is 0 Å². The molecule has 0 radical (unpaired) electrons. The van der Waals surface area contributed by atoms with Crippen LogP contribution < -0.4 is 9.64 Å². The van der Waals surface area contributed by atoms with Gasteiger partial charge in [-0.15, -0.1) is 0 Å². The minimum absolute atomic E-state index is 0.0924. The molecule has 2 aromatic rings. The first-order valence-electron chi connectivity index (χ1n) is 7.83. The second kappa shape index (κ2) is 6.92. The van der Waals surface area contributed by atoms with Gasteiger partial charge in [0.05, 0.1) is 24.9 Å². The lowest BCUT2D eigenvalue weighted by Gasteiger charge is -2.36. The molecule has 0 bridgehead atoms. The van der Waals surface area contributed by atoms with Crippen molar-refractivity contribution in [3.05, 3.63) is 30.2 Å². The fourth-order valence-corrected chi connectivity index (χ4v) is 2.98. The zero-order valence-corrected chi connectivity index (χ0v) is 14.0. The molecule has 3 heterocycles. The maximum Gasteiger partial charge on any atom is 0.240 e. The van der Waals surface area contributed by atoms with Crippen molar-refractivity contribution in [3.8, 4) is 17.1 Å². The van der Waals surface area contributed by atoms with Gasteiger partial charge in [-0.2, -0.15) is 0 Å². The van der Waals surface area contributed by atoms with Gasteiger partial charge in [0.15, 0.2) is 6.29 Å². The van der Waals surface area contributed by atoms with Crippen molar-refractivity contribution in [2.75, 3.05) is 25.1 Å². The molecular formula is C17H20N4O3.